The second kappa shape index (κ2) is 8.20. The Balaban J connectivity index is 1.53. The second-order valence-electron chi connectivity index (χ2n) is 5.19. The van der Waals surface area contributed by atoms with E-state index in [2.05, 4.69) is 25.7 Å². The maximum Gasteiger partial charge on any atom is 0.271 e. The summed E-state index contributed by atoms with van der Waals surface area (Å²) in [5.74, 6) is 0.507. The molecule has 0 saturated carbocycles. The van der Waals surface area contributed by atoms with Crippen molar-refractivity contribution in [3.05, 3.63) is 71.8 Å². The van der Waals surface area contributed by atoms with Crippen molar-refractivity contribution in [1.82, 2.24) is 25.2 Å². The van der Waals surface area contributed by atoms with Gasteiger partial charge in [-0.05, 0) is 35.4 Å². The molecule has 0 spiro atoms. The molecule has 3 rings (SSSR count). The van der Waals surface area contributed by atoms with Crippen LogP contribution in [-0.4, -0.2) is 31.9 Å². The molecular formula is C17H16N6OS. The third-order valence-electron chi connectivity index (χ3n) is 3.34. The van der Waals surface area contributed by atoms with E-state index in [9.17, 15) is 4.79 Å². The van der Waals surface area contributed by atoms with Crippen molar-refractivity contribution < 1.29 is 4.79 Å². The molecule has 0 aliphatic carbocycles. The van der Waals surface area contributed by atoms with Crippen LogP contribution >= 0.6 is 11.8 Å². The molecule has 8 heteroatoms. The van der Waals surface area contributed by atoms with Gasteiger partial charge in [0.25, 0.3) is 5.91 Å². The predicted molar refractivity (Wildman–Crippen MR) is 96.3 cm³/mol. The van der Waals surface area contributed by atoms with Gasteiger partial charge in [0.2, 0.25) is 0 Å². The third kappa shape index (κ3) is 4.74. The Morgan fingerprint density at radius 2 is 2.00 bits per heavy atom. The molecule has 0 atom stereocenters. The highest BCUT2D eigenvalue weighted by Gasteiger charge is 2.06. The summed E-state index contributed by atoms with van der Waals surface area (Å²) in [7, 11) is 1.91. The van der Waals surface area contributed by atoms with Gasteiger partial charge >= 0.3 is 0 Å². The van der Waals surface area contributed by atoms with Gasteiger partial charge in [-0.25, -0.2) is 5.43 Å². The number of hydrazone groups is 1. The smallest absolute Gasteiger partial charge is 0.271 e. The number of carbonyl (C=O) groups is 1. The van der Waals surface area contributed by atoms with E-state index in [1.54, 1.807) is 61.0 Å². The highest BCUT2D eigenvalue weighted by molar-refractivity contribution is 7.98. The number of nitrogens with one attached hydrogen (secondary N) is 1. The number of thioether (sulfide) groups is 1. The van der Waals surface area contributed by atoms with Crippen LogP contribution in [-0.2, 0) is 12.8 Å². The minimum atomic E-state index is -0.252. The topological polar surface area (TPSA) is 85.1 Å². The van der Waals surface area contributed by atoms with Crippen LogP contribution in [0.25, 0.3) is 0 Å². The van der Waals surface area contributed by atoms with Crippen LogP contribution < -0.4 is 5.43 Å². The molecule has 0 radical (unpaired) electrons. The number of nitrogens with zero attached hydrogens (tertiary/aromatic N) is 5. The molecule has 7 nitrogen and oxygen atoms in total. The van der Waals surface area contributed by atoms with Crippen molar-refractivity contribution in [2.75, 3.05) is 0 Å². The number of aryl methyl sites for hydroxylation is 1. The molecule has 126 valence electrons. The summed E-state index contributed by atoms with van der Waals surface area (Å²) in [6.45, 7) is 0. The molecule has 1 N–H and O–H groups in total. The number of amides is 1. The van der Waals surface area contributed by atoms with Gasteiger partial charge in [0.1, 0.15) is 6.33 Å². The van der Waals surface area contributed by atoms with Gasteiger partial charge in [-0.2, -0.15) is 5.10 Å². The quantitative estimate of drug-likeness (QED) is 0.418. The Bertz CT molecular complexity index is 860. The predicted octanol–water partition coefficient (Wildman–Crippen LogP) is 2.27. The van der Waals surface area contributed by atoms with Gasteiger partial charge < -0.3 is 4.57 Å². The van der Waals surface area contributed by atoms with Crippen LogP contribution in [0.1, 0.15) is 21.5 Å². The molecule has 0 aliphatic heterocycles. The summed E-state index contributed by atoms with van der Waals surface area (Å²) in [5.41, 5.74) is 5.04. The van der Waals surface area contributed by atoms with E-state index in [0.717, 1.165) is 22.0 Å². The van der Waals surface area contributed by atoms with Crippen molar-refractivity contribution in [2.45, 2.75) is 10.9 Å². The summed E-state index contributed by atoms with van der Waals surface area (Å²) in [6, 6.07) is 11.0. The summed E-state index contributed by atoms with van der Waals surface area (Å²) in [5, 5.41) is 12.7. The Hall–Kier alpha value is -3.00. The lowest BCUT2D eigenvalue weighted by molar-refractivity contribution is 0.0955. The first-order valence-electron chi connectivity index (χ1n) is 7.51. The fraction of sp³-hybridized carbons (Fsp3) is 0.118. The first kappa shape index (κ1) is 16.8. The van der Waals surface area contributed by atoms with Crippen LogP contribution in [0.5, 0.6) is 0 Å². The fourth-order valence-corrected chi connectivity index (χ4v) is 2.83. The maximum atomic E-state index is 12.1. The van der Waals surface area contributed by atoms with Gasteiger partial charge in [0.05, 0.1) is 6.21 Å². The fourth-order valence-electron chi connectivity index (χ4n) is 1.98. The molecule has 2 aromatic heterocycles. The lowest BCUT2D eigenvalue weighted by Gasteiger charge is -2.03. The van der Waals surface area contributed by atoms with Crippen molar-refractivity contribution >= 4 is 23.9 Å². The molecule has 0 bridgehead atoms. The van der Waals surface area contributed by atoms with Gasteiger partial charge in [0, 0.05) is 30.8 Å². The van der Waals surface area contributed by atoms with Crippen molar-refractivity contribution in [3.63, 3.8) is 0 Å². The van der Waals surface area contributed by atoms with Crippen molar-refractivity contribution in [2.24, 2.45) is 12.1 Å². The van der Waals surface area contributed by atoms with Crippen LogP contribution in [0.2, 0.25) is 0 Å². The standard InChI is InChI=1S/C17H16N6OS/c1-23-12-20-22-17(23)25-11-14-2-4-15(5-3-14)16(24)21-19-10-13-6-8-18-9-7-13/h2-10,12H,11H2,1H3,(H,21,24)/b19-10+. The molecule has 1 aromatic carbocycles. The minimum Gasteiger partial charge on any atom is -0.312 e. The summed E-state index contributed by atoms with van der Waals surface area (Å²) >= 11 is 1.59. The van der Waals surface area contributed by atoms with Crippen LogP contribution in [0.3, 0.4) is 0 Å². The molecule has 0 fully saturated rings. The molecular weight excluding hydrogens is 336 g/mol. The summed E-state index contributed by atoms with van der Waals surface area (Å²) < 4.78 is 1.87. The Kier molecular flexibility index (Phi) is 5.53. The number of rotatable bonds is 6. The third-order valence-corrected chi connectivity index (χ3v) is 4.45. The van der Waals surface area contributed by atoms with E-state index < -0.39 is 0 Å². The van der Waals surface area contributed by atoms with E-state index in [-0.39, 0.29) is 5.91 Å². The molecule has 0 saturated heterocycles. The number of hydrogen-bond donors (Lipinski definition) is 1. The average molecular weight is 352 g/mol. The maximum absolute atomic E-state index is 12.1. The van der Waals surface area contributed by atoms with Crippen LogP contribution in [0, 0.1) is 0 Å². The zero-order chi connectivity index (χ0) is 17.5. The molecule has 3 aromatic rings. The monoisotopic (exact) mass is 352 g/mol. The zero-order valence-corrected chi connectivity index (χ0v) is 14.3. The van der Waals surface area contributed by atoms with Crippen molar-refractivity contribution in [1.29, 1.82) is 0 Å². The van der Waals surface area contributed by atoms with E-state index in [1.807, 2.05) is 23.7 Å². The van der Waals surface area contributed by atoms with Crippen LogP contribution in [0.4, 0.5) is 0 Å². The lowest BCUT2D eigenvalue weighted by Crippen LogP contribution is -2.17. The van der Waals surface area contributed by atoms with Gasteiger partial charge in [-0.1, -0.05) is 23.9 Å². The largest absolute Gasteiger partial charge is 0.312 e. The minimum absolute atomic E-state index is 0.252. The van der Waals surface area contributed by atoms with Crippen molar-refractivity contribution in [3.8, 4) is 0 Å². The Morgan fingerprint density at radius 1 is 1.24 bits per heavy atom. The number of aromatic nitrogens is 4. The number of carbonyl (C=O) groups excluding carboxylic acids is 1. The zero-order valence-electron chi connectivity index (χ0n) is 13.5. The van der Waals surface area contributed by atoms with Gasteiger partial charge in [0.15, 0.2) is 5.16 Å². The summed E-state index contributed by atoms with van der Waals surface area (Å²) in [6.07, 6.45) is 6.58. The Morgan fingerprint density at radius 3 is 2.68 bits per heavy atom. The Labute approximate surface area is 149 Å². The van der Waals surface area contributed by atoms with E-state index in [1.165, 1.54) is 0 Å². The van der Waals surface area contributed by atoms with E-state index in [4.69, 9.17) is 0 Å². The van der Waals surface area contributed by atoms with Gasteiger partial charge in [-0.3, -0.25) is 9.78 Å². The molecule has 0 aliphatic rings. The first-order chi connectivity index (χ1) is 12.2. The second-order valence-corrected chi connectivity index (χ2v) is 6.13. The van der Waals surface area contributed by atoms with E-state index >= 15 is 0 Å². The summed E-state index contributed by atoms with van der Waals surface area (Å²) in [4.78, 5) is 16.0. The molecule has 25 heavy (non-hydrogen) atoms. The normalized spacial score (nSPS) is 10.9. The number of benzene rings is 1. The highest BCUT2D eigenvalue weighted by atomic mass is 32.2. The highest BCUT2D eigenvalue weighted by Crippen LogP contribution is 2.20. The van der Waals surface area contributed by atoms with Gasteiger partial charge in [-0.15, -0.1) is 10.2 Å². The van der Waals surface area contributed by atoms with Crippen LogP contribution in [0.15, 0.2) is 65.4 Å². The van der Waals surface area contributed by atoms with E-state index in [0.29, 0.717) is 5.56 Å². The lowest BCUT2D eigenvalue weighted by atomic mass is 10.1. The molecule has 1 amide bonds. The average Bonchev–Trinajstić information content (AvgIpc) is 3.06. The number of hydrogen-bond acceptors (Lipinski definition) is 6. The number of pyridine rings is 1. The molecule has 2 heterocycles. The first-order valence-corrected chi connectivity index (χ1v) is 8.50. The molecule has 0 unspecified atom stereocenters. The SMILES string of the molecule is Cn1cnnc1SCc1ccc(C(=O)N/N=C/c2ccncc2)cc1.